The predicted molar refractivity (Wildman–Crippen MR) is 204 cm³/mol. The zero-order chi connectivity index (χ0) is 35.3. The van der Waals surface area contributed by atoms with E-state index in [0.717, 1.165) is 50.2 Å². The number of nitrogens with zero attached hydrogens (tertiary/aromatic N) is 2. The van der Waals surface area contributed by atoms with E-state index < -0.39 is 10.8 Å². The average Bonchev–Trinajstić information content (AvgIpc) is 3.15. The molecule has 252 valence electrons. The van der Waals surface area contributed by atoms with E-state index in [4.69, 9.17) is 28.9 Å². The third-order valence-electron chi connectivity index (χ3n) is 9.31. The van der Waals surface area contributed by atoms with Crippen LogP contribution in [0.3, 0.4) is 0 Å². The fourth-order valence-electron chi connectivity index (χ4n) is 5.81. The van der Waals surface area contributed by atoms with Gasteiger partial charge in [-0.2, -0.15) is 0 Å². The Hall–Kier alpha value is -4.42. The minimum atomic E-state index is -0.658. The van der Waals surface area contributed by atoms with Gasteiger partial charge in [0.15, 0.2) is 0 Å². The van der Waals surface area contributed by atoms with Crippen molar-refractivity contribution >= 4 is 56.3 Å². The van der Waals surface area contributed by atoms with Gasteiger partial charge in [0.2, 0.25) is 0 Å². The summed E-state index contributed by atoms with van der Waals surface area (Å²) in [6, 6.07) is 36.0. The molecule has 0 aliphatic heterocycles. The number of benzene rings is 4. The second kappa shape index (κ2) is 17.8. The van der Waals surface area contributed by atoms with Crippen molar-refractivity contribution in [3.8, 4) is 0 Å². The van der Waals surface area contributed by atoms with Crippen LogP contribution in [0.1, 0.15) is 49.4 Å². The minimum Gasteiger partial charge on any atom is -0.329 e. The van der Waals surface area contributed by atoms with Crippen molar-refractivity contribution in [2.75, 3.05) is 11.9 Å². The highest BCUT2D eigenvalue weighted by Gasteiger charge is 2.34. The quantitative estimate of drug-likeness (QED) is 0.145. The number of rotatable bonds is 10. The van der Waals surface area contributed by atoms with Crippen molar-refractivity contribution in [1.82, 2.24) is 9.97 Å². The first-order valence-corrected chi connectivity index (χ1v) is 17.4. The van der Waals surface area contributed by atoms with Crippen molar-refractivity contribution in [1.29, 1.82) is 0 Å². The maximum absolute atomic E-state index is 13.0. The van der Waals surface area contributed by atoms with E-state index in [1.54, 1.807) is 12.4 Å². The topological polar surface area (TPSA) is 85.9 Å². The largest absolute Gasteiger partial charge is 0.329 e. The molecule has 2 aromatic heterocycles. The zero-order valence-corrected chi connectivity index (χ0v) is 29.8. The summed E-state index contributed by atoms with van der Waals surface area (Å²) in [5.74, 6) is 0.402. The van der Waals surface area contributed by atoms with Crippen LogP contribution in [0.2, 0.25) is 0 Å². The lowest BCUT2D eigenvalue weighted by molar-refractivity contribution is -0.124. The van der Waals surface area contributed by atoms with Crippen molar-refractivity contribution in [3.63, 3.8) is 0 Å². The molecule has 4 aromatic carbocycles. The van der Waals surface area contributed by atoms with E-state index in [1.165, 1.54) is 0 Å². The molecule has 5 nitrogen and oxygen atoms in total. The standard InChI is InChI=1S/C21H21NO.C20H20N2O.CH2Cl2/c1-3-21(2,19-7-5-4-6-8-19)20(23)14-16-9-10-18-15-22-12-11-17(18)13-16;1-20(14-21,18-5-3-2-4-6-18)19(23)12-15-7-8-17-13-22-10-9-16(17)11-15;2-1-3/h4-13,15H,3,14H2,1-2H3;2-11,13H,12,14,21H2,1H3;1H2. The van der Waals surface area contributed by atoms with Crippen molar-refractivity contribution in [3.05, 3.63) is 156 Å². The number of nitrogens with two attached hydrogens (primary N) is 1. The summed E-state index contributed by atoms with van der Waals surface area (Å²) < 4.78 is 0. The molecule has 0 saturated carbocycles. The molecule has 2 unspecified atom stereocenters. The Morgan fingerprint density at radius 1 is 0.612 bits per heavy atom. The number of halogens is 2. The second-order valence-corrected chi connectivity index (χ2v) is 13.2. The number of fused-ring (bicyclic) bond motifs is 2. The summed E-state index contributed by atoms with van der Waals surface area (Å²) in [7, 11) is 0. The molecule has 0 amide bonds. The summed E-state index contributed by atoms with van der Waals surface area (Å²) >= 11 is 9.53. The third-order valence-corrected chi connectivity index (χ3v) is 9.31. The normalized spacial score (nSPS) is 13.2. The SMILES string of the molecule is CC(CN)(C(=O)Cc1ccc2cnccc2c1)c1ccccc1.CCC(C)(C(=O)Cc1ccc2cnccc2c1)c1ccccc1.ClCCl. The van der Waals surface area contributed by atoms with Gasteiger partial charge in [0.1, 0.15) is 11.6 Å². The van der Waals surface area contributed by atoms with E-state index in [9.17, 15) is 9.59 Å². The lowest BCUT2D eigenvalue weighted by Crippen LogP contribution is -2.41. The van der Waals surface area contributed by atoms with Crippen LogP contribution in [-0.2, 0) is 33.3 Å². The van der Waals surface area contributed by atoms with Gasteiger partial charge in [0.05, 0.1) is 16.2 Å². The molecule has 0 radical (unpaired) electrons. The molecule has 2 N–H and O–H groups in total. The Bertz CT molecular complexity index is 1830. The van der Waals surface area contributed by atoms with Crippen LogP contribution in [-0.4, -0.2) is 33.4 Å². The molecule has 6 aromatic rings. The first-order chi connectivity index (χ1) is 23.7. The van der Waals surface area contributed by atoms with Crippen LogP contribution in [0.5, 0.6) is 0 Å². The van der Waals surface area contributed by atoms with Gasteiger partial charge in [-0.15, -0.1) is 23.2 Å². The van der Waals surface area contributed by atoms with E-state index in [2.05, 4.69) is 35.9 Å². The lowest BCUT2D eigenvalue weighted by Gasteiger charge is -2.27. The maximum atomic E-state index is 13.0. The van der Waals surface area contributed by atoms with Crippen molar-refractivity contribution in [2.45, 2.75) is 50.9 Å². The fraction of sp³-hybridized carbons (Fsp3) is 0.238. The number of carbonyl (C=O) groups excluding carboxylic acids is 2. The van der Waals surface area contributed by atoms with Gasteiger partial charge in [-0.1, -0.05) is 104 Å². The molecule has 0 saturated heterocycles. The molecule has 0 aliphatic carbocycles. The highest BCUT2D eigenvalue weighted by atomic mass is 35.5. The molecule has 2 atom stereocenters. The number of hydrogen-bond acceptors (Lipinski definition) is 5. The number of alkyl halides is 2. The van der Waals surface area contributed by atoms with Crippen LogP contribution < -0.4 is 5.73 Å². The Morgan fingerprint density at radius 3 is 1.43 bits per heavy atom. The van der Waals surface area contributed by atoms with Crippen LogP contribution in [0.15, 0.2) is 134 Å². The molecule has 0 aliphatic rings. The number of hydrogen-bond donors (Lipinski definition) is 1. The van der Waals surface area contributed by atoms with Crippen molar-refractivity contribution in [2.24, 2.45) is 5.73 Å². The fourth-order valence-corrected chi connectivity index (χ4v) is 5.81. The summed E-state index contributed by atoms with van der Waals surface area (Å²) in [5.41, 5.74) is 8.99. The van der Waals surface area contributed by atoms with Gasteiger partial charge < -0.3 is 5.73 Å². The highest BCUT2D eigenvalue weighted by molar-refractivity contribution is 6.40. The number of pyridine rings is 2. The molecule has 49 heavy (non-hydrogen) atoms. The summed E-state index contributed by atoms with van der Waals surface area (Å²) in [6.07, 6.45) is 8.86. The van der Waals surface area contributed by atoms with Crippen LogP contribution in [0.25, 0.3) is 21.5 Å². The van der Waals surface area contributed by atoms with E-state index in [-0.39, 0.29) is 16.9 Å². The number of Topliss-reactive ketones (excluding diaryl/α,β-unsaturated/α-hetero) is 2. The Labute approximate surface area is 299 Å². The monoisotopic (exact) mass is 691 g/mol. The molecule has 0 fully saturated rings. The van der Waals surface area contributed by atoms with Gasteiger partial charge in [0.25, 0.3) is 0 Å². The second-order valence-electron chi connectivity index (χ2n) is 12.4. The number of carbonyl (C=O) groups is 2. The molecule has 6 rings (SSSR count). The summed E-state index contributed by atoms with van der Waals surface area (Å²) in [6.45, 7) is 6.36. The Morgan fingerprint density at radius 2 is 1.02 bits per heavy atom. The molecular formula is C42H43Cl2N3O2. The third kappa shape index (κ3) is 9.39. The van der Waals surface area contributed by atoms with Gasteiger partial charge in [-0.3, -0.25) is 19.6 Å². The predicted octanol–water partition coefficient (Wildman–Crippen LogP) is 9.40. The molecule has 0 bridgehead atoms. The molecule has 0 spiro atoms. The van der Waals surface area contributed by atoms with E-state index >= 15 is 0 Å². The van der Waals surface area contributed by atoms with Gasteiger partial charge in [0, 0.05) is 54.9 Å². The average molecular weight is 693 g/mol. The van der Waals surface area contributed by atoms with E-state index in [0.29, 0.717) is 19.4 Å². The Kier molecular flexibility index (Phi) is 13.6. The van der Waals surface area contributed by atoms with Crippen LogP contribution >= 0.6 is 23.2 Å². The molecule has 2 heterocycles. The maximum Gasteiger partial charge on any atom is 0.148 e. The van der Waals surface area contributed by atoms with Crippen LogP contribution in [0.4, 0.5) is 0 Å². The molecule has 7 heteroatoms. The molecular weight excluding hydrogens is 649 g/mol. The summed E-state index contributed by atoms with van der Waals surface area (Å²) in [5, 5.41) is 4.60. The summed E-state index contributed by atoms with van der Waals surface area (Å²) in [4.78, 5) is 34.1. The first kappa shape index (κ1) is 37.4. The van der Waals surface area contributed by atoms with E-state index in [1.807, 2.05) is 116 Å². The zero-order valence-electron chi connectivity index (χ0n) is 28.3. The minimum absolute atomic E-state index is 0.139. The number of ketones is 2. The van der Waals surface area contributed by atoms with Crippen LogP contribution in [0, 0.1) is 0 Å². The highest BCUT2D eigenvalue weighted by Crippen LogP contribution is 2.30. The number of aromatic nitrogens is 2. The van der Waals surface area contributed by atoms with Gasteiger partial charge in [-0.05, 0) is 65.4 Å². The van der Waals surface area contributed by atoms with Gasteiger partial charge in [-0.25, -0.2) is 0 Å². The van der Waals surface area contributed by atoms with Crippen molar-refractivity contribution < 1.29 is 9.59 Å². The smallest absolute Gasteiger partial charge is 0.148 e. The van der Waals surface area contributed by atoms with Gasteiger partial charge >= 0.3 is 0 Å². The lowest BCUT2D eigenvalue weighted by atomic mass is 9.74. The first-order valence-electron chi connectivity index (χ1n) is 16.3. The Balaban J connectivity index is 0.000000205.